The first kappa shape index (κ1) is 15.6. The number of nitrogens with one attached hydrogen (secondary N) is 1. The Balaban J connectivity index is 2.19. The van der Waals surface area contributed by atoms with Crippen LogP contribution in [0.4, 0.5) is 13.2 Å². The maximum Gasteiger partial charge on any atom is 0.573 e. The van der Waals surface area contributed by atoms with E-state index in [-0.39, 0.29) is 18.2 Å². The van der Waals surface area contributed by atoms with E-state index in [1.54, 1.807) is 6.07 Å². The molecule has 1 aliphatic rings. The molecular weight excluding hydrogens is 283 g/mol. The normalized spacial score (nSPS) is 18.0. The molecule has 4 nitrogen and oxygen atoms in total. The average molecular weight is 299 g/mol. The van der Waals surface area contributed by atoms with Crippen LogP contribution < -0.4 is 10.1 Å². The Labute approximate surface area is 121 Å². The SMILES string of the molecule is N#CC[C@@H](c1cccc(OC(F)(F)F)c1)N1CCNCC1. The highest BCUT2D eigenvalue weighted by atomic mass is 19.4. The van der Waals surface area contributed by atoms with E-state index < -0.39 is 6.36 Å². The molecule has 1 aromatic rings. The molecule has 1 aromatic carbocycles. The number of ether oxygens (including phenoxy) is 1. The van der Waals surface area contributed by atoms with Crippen molar-refractivity contribution in [2.24, 2.45) is 0 Å². The Morgan fingerprint density at radius 2 is 2.05 bits per heavy atom. The molecule has 7 heteroatoms. The average Bonchev–Trinajstić information content (AvgIpc) is 2.44. The van der Waals surface area contributed by atoms with Gasteiger partial charge in [-0.3, -0.25) is 4.90 Å². The zero-order valence-corrected chi connectivity index (χ0v) is 11.4. The van der Waals surface area contributed by atoms with E-state index in [0.29, 0.717) is 5.56 Å². The van der Waals surface area contributed by atoms with Crippen molar-refractivity contribution in [3.05, 3.63) is 29.8 Å². The van der Waals surface area contributed by atoms with Crippen molar-refractivity contribution in [3.63, 3.8) is 0 Å². The number of nitriles is 1. The van der Waals surface area contributed by atoms with Crippen molar-refractivity contribution in [1.82, 2.24) is 10.2 Å². The Hall–Kier alpha value is -1.78. The first-order valence-corrected chi connectivity index (χ1v) is 6.67. The molecule has 0 spiro atoms. The molecule has 0 saturated carbocycles. The molecule has 0 amide bonds. The van der Waals surface area contributed by atoms with Crippen molar-refractivity contribution in [1.29, 1.82) is 5.26 Å². The summed E-state index contributed by atoms with van der Waals surface area (Å²) in [6.07, 6.45) is -4.48. The summed E-state index contributed by atoms with van der Waals surface area (Å²) in [5, 5.41) is 12.2. The van der Waals surface area contributed by atoms with E-state index in [4.69, 9.17) is 5.26 Å². The topological polar surface area (TPSA) is 48.3 Å². The van der Waals surface area contributed by atoms with E-state index in [1.165, 1.54) is 18.2 Å². The molecule has 0 aromatic heterocycles. The lowest BCUT2D eigenvalue weighted by Crippen LogP contribution is -2.45. The first-order valence-electron chi connectivity index (χ1n) is 6.67. The van der Waals surface area contributed by atoms with Gasteiger partial charge in [0.15, 0.2) is 0 Å². The third kappa shape index (κ3) is 4.62. The van der Waals surface area contributed by atoms with Gasteiger partial charge < -0.3 is 10.1 Å². The second-order valence-corrected chi connectivity index (χ2v) is 4.78. The molecule has 1 atom stereocenters. The Kier molecular flexibility index (Phi) is 5.04. The lowest BCUT2D eigenvalue weighted by Gasteiger charge is -2.34. The Morgan fingerprint density at radius 1 is 1.33 bits per heavy atom. The molecule has 0 bridgehead atoms. The van der Waals surface area contributed by atoms with Crippen LogP contribution in [0.3, 0.4) is 0 Å². The van der Waals surface area contributed by atoms with Crippen LogP contribution in [-0.4, -0.2) is 37.4 Å². The second-order valence-electron chi connectivity index (χ2n) is 4.78. The zero-order chi connectivity index (χ0) is 15.3. The highest BCUT2D eigenvalue weighted by molar-refractivity contribution is 5.31. The van der Waals surface area contributed by atoms with E-state index in [0.717, 1.165) is 26.2 Å². The van der Waals surface area contributed by atoms with E-state index in [9.17, 15) is 13.2 Å². The molecule has 1 heterocycles. The summed E-state index contributed by atoms with van der Waals surface area (Å²) in [4.78, 5) is 2.10. The van der Waals surface area contributed by atoms with Crippen molar-refractivity contribution < 1.29 is 17.9 Å². The number of alkyl halides is 3. The number of hydrogen-bond acceptors (Lipinski definition) is 4. The molecule has 1 aliphatic heterocycles. The maximum atomic E-state index is 12.3. The molecule has 0 radical (unpaired) electrons. The monoisotopic (exact) mass is 299 g/mol. The standard InChI is InChI=1S/C14H16F3N3O/c15-14(16,17)21-12-3-1-2-11(10-12)13(4-5-18)20-8-6-19-7-9-20/h1-3,10,13,19H,4,6-9H2/t13-/m0/s1. The molecule has 1 saturated heterocycles. The number of halogens is 3. The van der Waals surface area contributed by atoms with E-state index in [1.807, 2.05) is 0 Å². The molecule has 0 aliphatic carbocycles. The lowest BCUT2D eigenvalue weighted by atomic mass is 10.0. The van der Waals surface area contributed by atoms with Crippen molar-refractivity contribution >= 4 is 0 Å². The predicted molar refractivity (Wildman–Crippen MR) is 70.5 cm³/mol. The van der Waals surface area contributed by atoms with Gasteiger partial charge in [-0.15, -0.1) is 13.2 Å². The van der Waals surface area contributed by atoms with Crippen molar-refractivity contribution in [3.8, 4) is 11.8 Å². The quantitative estimate of drug-likeness (QED) is 0.927. The fourth-order valence-electron chi connectivity index (χ4n) is 2.46. The third-order valence-electron chi connectivity index (χ3n) is 3.35. The number of rotatable bonds is 4. The minimum atomic E-state index is -4.71. The van der Waals surface area contributed by atoms with Crippen molar-refractivity contribution in [2.75, 3.05) is 26.2 Å². The van der Waals surface area contributed by atoms with Crippen LogP contribution in [0.5, 0.6) is 5.75 Å². The van der Waals surface area contributed by atoms with Gasteiger partial charge in [0.2, 0.25) is 0 Å². The van der Waals surface area contributed by atoms with Crippen LogP contribution in [0.2, 0.25) is 0 Å². The van der Waals surface area contributed by atoms with Gasteiger partial charge in [0, 0.05) is 32.2 Å². The minimum absolute atomic E-state index is 0.214. The third-order valence-corrected chi connectivity index (χ3v) is 3.35. The van der Waals surface area contributed by atoms with Gasteiger partial charge in [0.05, 0.1) is 12.5 Å². The van der Waals surface area contributed by atoms with Crippen LogP contribution in [0.25, 0.3) is 0 Å². The molecule has 0 unspecified atom stereocenters. The molecule has 2 rings (SSSR count). The number of nitrogens with zero attached hydrogens (tertiary/aromatic N) is 2. The number of hydrogen-bond donors (Lipinski definition) is 1. The first-order chi connectivity index (χ1) is 9.99. The Bertz CT molecular complexity index is 507. The minimum Gasteiger partial charge on any atom is -0.406 e. The van der Waals surface area contributed by atoms with Crippen molar-refractivity contribution in [2.45, 2.75) is 18.8 Å². The van der Waals surface area contributed by atoms with Crippen LogP contribution in [0.15, 0.2) is 24.3 Å². The fraction of sp³-hybridized carbons (Fsp3) is 0.500. The molecule has 1 N–H and O–H groups in total. The summed E-state index contributed by atoms with van der Waals surface area (Å²) in [7, 11) is 0. The predicted octanol–water partition coefficient (Wildman–Crippen LogP) is 2.45. The summed E-state index contributed by atoms with van der Waals surface area (Å²) in [5.41, 5.74) is 0.667. The molecule has 1 fully saturated rings. The molecular formula is C14H16F3N3O. The lowest BCUT2D eigenvalue weighted by molar-refractivity contribution is -0.274. The summed E-state index contributed by atoms with van der Waals surface area (Å²) in [6.45, 7) is 3.13. The summed E-state index contributed by atoms with van der Waals surface area (Å²) >= 11 is 0. The van der Waals surface area contributed by atoms with Crippen LogP contribution in [0.1, 0.15) is 18.0 Å². The van der Waals surface area contributed by atoms with Gasteiger partial charge in [0.25, 0.3) is 0 Å². The largest absolute Gasteiger partial charge is 0.573 e. The van der Waals surface area contributed by atoms with Gasteiger partial charge in [-0.1, -0.05) is 12.1 Å². The highest BCUT2D eigenvalue weighted by Gasteiger charge is 2.31. The van der Waals surface area contributed by atoms with Gasteiger partial charge in [-0.2, -0.15) is 5.26 Å². The zero-order valence-electron chi connectivity index (χ0n) is 11.4. The van der Waals surface area contributed by atoms with Gasteiger partial charge in [-0.05, 0) is 17.7 Å². The summed E-state index contributed by atoms with van der Waals surface area (Å²) < 4.78 is 40.8. The fourth-order valence-corrected chi connectivity index (χ4v) is 2.46. The Morgan fingerprint density at radius 3 is 2.67 bits per heavy atom. The van der Waals surface area contributed by atoms with Crippen LogP contribution in [0, 0.1) is 11.3 Å². The summed E-state index contributed by atoms with van der Waals surface area (Å²) in [5.74, 6) is -0.252. The maximum absolute atomic E-state index is 12.3. The smallest absolute Gasteiger partial charge is 0.406 e. The summed E-state index contributed by atoms with van der Waals surface area (Å²) in [6, 6.07) is 7.76. The molecule has 21 heavy (non-hydrogen) atoms. The van der Waals surface area contributed by atoms with Crippen LogP contribution >= 0.6 is 0 Å². The van der Waals surface area contributed by atoms with Gasteiger partial charge >= 0.3 is 6.36 Å². The van der Waals surface area contributed by atoms with Gasteiger partial charge in [0.1, 0.15) is 5.75 Å². The van der Waals surface area contributed by atoms with E-state index >= 15 is 0 Å². The van der Waals surface area contributed by atoms with Gasteiger partial charge in [-0.25, -0.2) is 0 Å². The number of benzene rings is 1. The molecule has 114 valence electrons. The highest BCUT2D eigenvalue weighted by Crippen LogP contribution is 2.29. The van der Waals surface area contributed by atoms with Crippen LogP contribution in [-0.2, 0) is 0 Å². The van der Waals surface area contributed by atoms with E-state index in [2.05, 4.69) is 21.0 Å². The number of piperazine rings is 1. The second kappa shape index (κ2) is 6.78.